The third kappa shape index (κ3) is 3.57. The molecule has 9 heteroatoms. The van der Waals surface area contributed by atoms with Crippen LogP contribution in [0.25, 0.3) is 16.8 Å². The highest BCUT2D eigenvalue weighted by Gasteiger charge is 2.19. The normalized spacial score (nSPS) is 12.4. The minimum atomic E-state index is -0.327. The number of carbonyl (C=O) groups excluding carboxylic acids is 1. The molecule has 1 unspecified atom stereocenters. The molecule has 1 amide bonds. The standard InChI is InChI=1S/C21H16FN5OS2/c22-14-9-7-13(8-10-14)19(17-6-3-11-29-17)24-18(28)12-30-21-26-25-20-23-15-4-1-2-5-16(15)27(20)21/h1-11,19H,12H2,(H,23,25)(H,24,28). The fraction of sp³-hybridized carbons (Fsp3) is 0.0952. The van der Waals surface area contributed by atoms with Gasteiger partial charge in [-0.25, -0.2) is 14.5 Å². The topological polar surface area (TPSA) is 75.1 Å². The first-order chi connectivity index (χ1) is 14.7. The van der Waals surface area contributed by atoms with Crippen LogP contribution in [0.3, 0.4) is 0 Å². The van der Waals surface area contributed by atoms with Crippen molar-refractivity contribution in [3.63, 3.8) is 0 Å². The molecule has 0 aliphatic rings. The molecule has 0 spiro atoms. The van der Waals surface area contributed by atoms with Crippen molar-refractivity contribution in [2.24, 2.45) is 0 Å². The molecule has 2 N–H and O–H groups in total. The number of rotatable bonds is 6. The van der Waals surface area contributed by atoms with Gasteiger partial charge in [0.05, 0.1) is 22.8 Å². The summed E-state index contributed by atoms with van der Waals surface area (Å²) in [5.41, 5.74) is 2.64. The third-order valence-corrected chi connectivity index (χ3v) is 6.55. The van der Waals surface area contributed by atoms with E-state index in [1.807, 2.05) is 46.2 Å². The molecule has 0 fully saturated rings. The first-order valence-corrected chi connectivity index (χ1v) is 11.1. The lowest BCUT2D eigenvalue weighted by Gasteiger charge is -2.18. The van der Waals surface area contributed by atoms with Crippen LogP contribution in [0.2, 0.25) is 0 Å². The van der Waals surface area contributed by atoms with E-state index in [0.717, 1.165) is 21.5 Å². The van der Waals surface area contributed by atoms with Crippen molar-refractivity contribution >= 4 is 45.8 Å². The number of benzene rings is 2. The third-order valence-electron chi connectivity index (χ3n) is 4.67. The number of H-pyrrole nitrogens is 1. The Kier molecular flexibility index (Phi) is 4.97. The van der Waals surface area contributed by atoms with Crippen LogP contribution in [-0.2, 0) is 4.79 Å². The predicted molar refractivity (Wildman–Crippen MR) is 116 cm³/mol. The summed E-state index contributed by atoms with van der Waals surface area (Å²) in [5, 5.41) is 12.9. The maximum Gasteiger partial charge on any atom is 0.231 e. The number of carbonyl (C=O) groups is 1. The summed E-state index contributed by atoms with van der Waals surface area (Å²) < 4.78 is 15.2. The Morgan fingerprint density at radius 1 is 1.17 bits per heavy atom. The van der Waals surface area contributed by atoms with Crippen LogP contribution in [0.4, 0.5) is 4.39 Å². The SMILES string of the molecule is O=C(CSc1n[nH]c2nc3ccccc3n12)NC(c1ccc(F)cc1)c1cccs1. The van der Waals surface area contributed by atoms with Gasteiger partial charge in [-0.05, 0) is 41.3 Å². The van der Waals surface area contributed by atoms with Crippen molar-refractivity contribution < 1.29 is 9.18 Å². The van der Waals surface area contributed by atoms with Crippen molar-refractivity contribution in [1.82, 2.24) is 24.9 Å². The zero-order valence-electron chi connectivity index (χ0n) is 15.6. The molecule has 0 radical (unpaired) electrons. The van der Waals surface area contributed by atoms with E-state index in [1.54, 1.807) is 23.5 Å². The number of aromatic amines is 1. The number of hydrogen-bond acceptors (Lipinski definition) is 5. The van der Waals surface area contributed by atoms with Crippen molar-refractivity contribution in [2.75, 3.05) is 5.75 Å². The zero-order chi connectivity index (χ0) is 20.5. The Balaban J connectivity index is 1.34. The van der Waals surface area contributed by atoms with E-state index in [-0.39, 0.29) is 23.5 Å². The number of thiophene rings is 1. The molecule has 3 aromatic heterocycles. The highest BCUT2D eigenvalue weighted by molar-refractivity contribution is 7.99. The first-order valence-electron chi connectivity index (χ1n) is 9.21. The minimum Gasteiger partial charge on any atom is -0.344 e. The molecule has 5 aromatic rings. The molecule has 5 rings (SSSR count). The summed E-state index contributed by atoms with van der Waals surface area (Å²) in [6.07, 6.45) is 0. The molecular formula is C21H16FN5OS2. The molecule has 0 aliphatic heterocycles. The number of nitrogens with one attached hydrogen (secondary N) is 2. The molecule has 0 saturated carbocycles. The maximum absolute atomic E-state index is 13.3. The van der Waals surface area contributed by atoms with E-state index in [9.17, 15) is 9.18 Å². The van der Waals surface area contributed by atoms with Gasteiger partial charge in [-0.3, -0.25) is 9.20 Å². The van der Waals surface area contributed by atoms with Gasteiger partial charge in [0.25, 0.3) is 0 Å². The van der Waals surface area contributed by atoms with Crippen molar-refractivity contribution in [2.45, 2.75) is 11.2 Å². The molecule has 1 atom stereocenters. The number of fused-ring (bicyclic) bond motifs is 3. The van der Waals surface area contributed by atoms with Gasteiger partial charge in [0.2, 0.25) is 11.7 Å². The second kappa shape index (κ2) is 7.92. The van der Waals surface area contributed by atoms with Crippen molar-refractivity contribution in [3.8, 4) is 0 Å². The van der Waals surface area contributed by atoms with E-state index >= 15 is 0 Å². The van der Waals surface area contributed by atoms with E-state index in [2.05, 4.69) is 20.5 Å². The average molecular weight is 438 g/mol. The van der Waals surface area contributed by atoms with Crippen LogP contribution in [0.1, 0.15) is 16.5 Å². The molecule has 0 saturated heterocycles. The van der Waals surface area contributed by atoms with Gasteiger partial charge < -0.3 is 5.32 Å². The summed E-state index contributed by atoms with van der Waals surface area (Å²) in [6, 6.07) is 17.5. The lowest BCUT2D eigenvalue weighted by molar-refractivity contribution is -0.119. The van der Waals surface area contributed by atoms with Crippen LogP contribution in [0.15, 0.2) is 71.2 Å². The van der Waals surface area contributed by atoms with Gasteiger partial charge in [0.15, 0.2) is 5.16 Å². The fourth-order valence-corrected chi connectivity index (χ4v) is 4.87. The summed E-state index contributed by atoms with van der Waals surface area (Å²) in [6.45, 7) is 0. The van der Waals surface area contributed by atoms with Gasteiger partial charge >= 0.3 is 0 Å². The number of aromatic nitrogens is 4. The van der Waals surface area contributed by atoms with E-state index in [4.69, 9.17) is 0 Å². The lowest BCUT2D eigenvalue weighted by Crippen LogP contribution is -2.30. The monoisotopic (exact) mass is 437 g/mol. The molecular weight excluding hydrogens is 421 g/mol. The van der Waals surface area contributed by atoms with Gasteiger partial charge in [-0.1, -0.05) is 42.1 Å². The van der Waals surface area contributed by atoms with Crippen LogP contribution in [0.5, 0.6) is 0 Å². The van der Waals surface area contributed by atoms with Crippen molar-refractivity contribution in [3.05, 3.63) is 82.3 Å². The van der Waals surface area contributed by atoms with Crippen LogP contribution in [-0.4, -0.2) is 31.2 Å². The summed E-state index contributed by atoms with van der Waals surface area (Å²) in [7, 11) is 0. The number of para-hydroxylation sites is 2. The number of thioether (sulfide) groups is 1. The number of imidazole rings is 1. The Hall–Kier alpha value is -3.17. The van der Waals surface area contributed by atoms with E-state index in [0.29, 0.717) is 10.9 Å². The van der Waals surface area contributed by atoms with Crippen LogP contribution < -0.4 is 5.32 Å². The molecule has 0 aliphatic carbocycles. The second-order valence-electron chi connectivity index (χ2n) is 6.62. The van der Waals surface area contributed by atoms with Gasteiger partial charge in [0, 0.05) is 4.88 Å². The maximum atomic E-state index is 13.3. The number of amides is 1. The molecule has 2 aromatic carbocycles. The average Bonchev–Trinajstić information content (AvgIpc) is 3.48. The van der Waals surface area contributed by atoms with Gasteiger partial charge in [0.1, 0.15) is 5.82 Å². The molecule has 0 bridgehead atoms. The van der Waals surface area contributed by atoms with Crippen LogP contribution >= 0.6 is 23.1 Å². The molecule has 3 heterocycles. The van der Waals surface area contributed by atoms with E-state index < -0.39 is 0 Å². The number of hydrogen-bond donors (Lipinski definition) is 2. The summed E-state index contributed by atoms with van der Waals surface area (Å²) in [5.74, 6) is 0.390. The Bertz CT molecular complexity index is 1310. The summed E-state index contributed by atoms with van der Waals surface area (Å²) in [4.78, 5) is 18.2. The lowest BCUT2D eigenvalue weighted by atomic mass is 10.1. The number of halogens is 1. The molecule has 150 valence electrons. The second-order valence-corrected chi connectivity index (χ2v) is 8.54. The largest absolute Gasteiger partial charge is 0.344 e. The van der Waals surface area contributed by atoms with Crippen LogP contribution in [0, 0.1) is 5.82 Å². The van der Waals surface area contributed by atoms with Gasteiger partial charge in [-0.2, -0.15) is 0 Å². The van der Waals surface area contributed by atoms with Crippen molar-refractivity contribution in [1.29, 1.82) is 0 Å². The number of nitrogens with zero attached hydrogens (tertiary/aromatic N) is 3. The fourth-order valence-electron chi connectivity index (χ4n) is 3.30. The Labute approximate surface area is 179 Å². The molecule has 30 heavy (non-hydrogen) atoms. The zero-order valence-corrected chi connectivity index (χ0v) is 17.2. The summed E-state index contributed by atoms with van der Waals surface area (Å²) >= 11 is 2.88. The van der Waals surface area contributed by atoms with Gasteiger partial charge in [-0.15, -0.1) is 16.4 Å². The predicted octanol–water partition coefficient (Wildman–Crippen LogP) is 4.41. The van der Waals surface area contributed by atoms with E-state index in [1.165, 1.54) is 23.9 Å². The highest BCUT2D eigenvalue weighted by atomic mass is 32.2. The first kappa shape index (κ1) is 18.8. The smallest absolute Gasteiger partial charge is 0.231 e. The Morgan fingerprint density at radius 3 is 2.80 bits per heavy atom. The minimum absolute atomic E-state index is 0.136. The Morgan fingerprint density at radius 2 is 2.00 bits per heavy atom. The quantitative estimate of drug-likeness (QED) is 0.386. The molecule has 6 nitrogen and oxygen atoms in total. The highest BCUT2D eigenvalue weighted by Crippen LogP contribution is 2.27.